The lowest BCUT2D eigenvalue weighted by molar-refractivity contribution is -0.150. The Kier molecular flexibility index (Phi) is 6.15. The number of rotatable bonds is 4. The molecule has 0 bridgehead atoms. The Morgan fingerprint density at radius 1 is 1.24 bits per heavy atom. The highest BCUT2D eigenvalue weighted by atomic mass is 79.9. The molecule has 0 fully saturated rings. The van der Waals surface area contributed by atoms with Gasteiger partial charge < -0.3 is 10.1 Å². The van der Waals surface area contributed by atoms with E-state index in [-0.39, 0.29) is 11.4 Å². The molecule has 0 unspecified atom stereocenters. The Bertz CT molecular complexity index is 529. The molecule has 1 aromatic rings. The summed E-state index contributed by atoms with van der Waals surface area (Å²) < 4.78 is 6.02. The van der Waals surface area contributed by atoms with Gasteiger partial charge in [0.25, 0.3) is 5.91 Å². The monoisotopic (exact) mass is 353 g/mol. The number of halogens is 1. The Balaban J connectivity index is 2.53. The van der Waals surface area contributed by atoms with Gasteiger partial charge in [0.15, 0.2) is 6.10 Å². The zero-order valence-corrected chi connectivity index (χ0v) is 14.2. The number of hydrogen-bond donors (Lipinski definition) is 1. The molecule has 1 N–H and O–H groups in total. The fourth-order valence-electron chi connectivity index (χ4n) is 1.48. The number of carbonyl (C=O) groups is 2. The molecule has 0 saturated carbocycles. The second-order valence-corrected chi connectivity index (χ2v) is 6.62. The third kappa shape index (κ3) is 7.09. The Morgan fingerprint density at radius 3 is 2.33 bits per heavy atom. The molecule has 0 spiro atoms. The van der Waals surface area contributed by atoms with E-state index in [0.29, 0.717) is 0 Å². The summed E-state index contributed by atoms with van der Waals surface area (Å²) in [5.41, 5.74) is 0.521. The van der Waals surface area contributed by atoms with E-state index in [1.54, 1.807) is 13.0 Å². The van der Waals surface area contributed by atoms with Crippen molar-refractivity contribution in [1.82, 2.24) is 5.32 Å². The molecule has 1 aromatic carbocycles. The normalized spacial score (nSPS) is 13.0. The van der Waals surface area contributed by atoms with Gasteiger partial charge in [-0.2, -0.15) is 0 Å². The molecule has 0 aliphatic heterocycles. The van der Waals surface area contributed by atoms with Crippen LogP contribution < -0.4 is 5.32 Å². The van der Waals surface area contributed by atoms with Gasteiger partial charge in [-0.05, 0) is 51.5 Å². The number of esters is 1. The Morgan fingerprint density at radius 2 is 1.81 bits per heavy atom. The standard InChI is InChI=1S/C16H20BrNO3/c1-11(15(20)18-16(2,3)4)21-14(19)10-7-12-5-8-13(17)9-6-12/h5-11H,1-4H3,(H,18,20)/b10-7+/t11-/m0/s1. The Hall–Kier alpha value is -1.62. The average molecular weight is 354 g/mol. The van der Waals surface area contributed by atoms with Crippen molar-refractivity contribution in [3.05, 3.63) is 40.4 Å². The van der Waals surface area contributed by atoms with Crippen LogP contribution in [0.2, 0.25) is 0 Å². The Labute approximate surface area is 133 Å². The minimum atomic E-state index is -0.828. The van der Waals surface area contributed by atoms with Crippen molar-refractivity contribution in [2.45, 2.75) is 39.3 Å². The predicted octanol–water partition coefficient (Wildman–Crippen LogP) is 3.31. The molecule has 114 valence electrons. The average Bonchev–Trinajstić information content (AvgIpc) is 2.36. The lowest BCUT2D eigenvalue weighted by Crippen LogP contribution is -2.46. The summed E-state index contributed by atoms with van der Waals surface area (Å²) in [5.74, 6) is -0.859. The van der Waals surface area contributed by atoms with E-state index in [1.165, 1.54) is 6.08 Å². The highest BCUT2D eigenvalue weighted by Gasteiger charge is 2.21. The van der Waals surface area contributed by atoms with Crippen LogP contribution in [-0.4, -0.2) is 23.5 Å². The third-order valence-corrected chi connectivity index (χ3v) is 2.97. The summed E-state index contributed by atoms with van der Waals surface area (Å²) in [5, 5.41) is 2.76. The van der Waals surface area contributed by atoms with E-state index in [1.807, 2.05) is 45.0 Å². The van der Waals surface area contributed by atoms with Crippen molar-refractivity contribution in [2.75, 3.05) is 0 Å². The highest BCUT2D eigenvalue weighted by molar-refractivity contribution is 9.10. The first-order valence-electron chi connectivity index (χ1n) is 6.64. The van der Waals surface area contributed by atoms with Gasteiger partial charge in [0.2, 0.25) is 0 Å². The zero-order chi connectivity index (χ0) is 16.0. The number of carbonyl (C=O) groups excluding carboxylic acids is 2. The van der Waals surface area contributed by atoms with Crippen molar-refractivity contribution < 1.29 is 14.3 Å². The van der Waals surface area contributed by atoms with Gasteiger partial charge in [-0.15, -0.1) is 0 Å². The highest BCUT2D eigenvalue weighted by Crippen LogP contribution is 2.11. The summed E-state index contributed by atoms with van der Waals surface area (Å²) in [6.45, 7) is 7.15. The fraction of sp³-hybridized carbons (Fsp3) is 0.375. The van der Waals surface area contributed by atoms with Gasteiger partial charge in [0.1, 0.15) is 0 Å². The van der Waals surface area contributed by atoms with Crippen molar-refractivity contribution in [2.24, 2.45) is 0 Å². The molecule has 0 aromatic heterocycles. The molecule has 1 rings (SSSR count). The predicted molar refractivity (Wildman–Crippen MR) is 86.6 cm³/mol. The number of nitrogens with one attached hydrogen (secondary N) is 1. The van der Waals surface area contributed by atoms with E-state index in [9.17, 15) is 9.59 Å². The van der Waals surface area contributed by atoms with Gasteiger partial charge in [0, 0.05) is 16.1 Å². The van der Waals surface area contributed by atoms with E-state index in [4.69, 9.17) is 4.74 Å². The zero-order valence-electron chi connectivity index (χ0n) is 12.6. The summed E-state index contributed by atoms with van der Waals surface area (Å²) in [7, 11) is 0. The van der Waals surface area contributed by atoms with E-state index >= 15 is 0 Å². The molecular weight excluding hydrogens is 334 g/mol. The van der Waals surface area contributed by atoms with Gasteiger partial charge in [-0.3, -0.25) is 4.79 Å². The molecule has 0 saturated heterocycles. The molecule has 4 nitrogen and oxygen atoms in total. The fourth-order valence-corrected chi connectivity index (χ4v) is 1.74. The van der Waals surface area contributed by atoms with Crippen LogP contribution in [0, 0.1) is 0 Å². The maximum atomic E-state index is 11.8. The number of benzene rings is 1. The first-order chi connectivity index (χ1) is 9.67. The molecule has 0 aliphatic rings. The summed E-state index contributed by atoms with van der Waals surface area (Å²) in [6.07, 6.45) is 2.12. The lowest BCUT2D eigenvalue weighted by Gasteiger charge is -2.22. The minimum absolute atomic E-state index is 0.312. The second-order valence-electron chi connectivity index (χ2n) is 5.70. The summed E-state index contributed by atoms with van der Waals surface area (Å²) >= 11 is 3.34. The van der Waals surface area contributed by atoms with Crippen molar-refractivity contribution >= 4 is 33.9 Å². The smallest absolute Gasteiger partial charge is 0.331 e. The number of ether oxygens (including phenoxy) is 1. The maximum Gasteiger partial charge on any atom is 0.331 e. The van der Waals surface area contributed by atoms with Crippen LogP contribution in [0.15, 0.2) is 34.8 Å². The SMILES string of the molecule is C[C@H](OC(=O)/C=C/c1ccc(Br)cc1)C(=O)NC(C)(C)C. The quantitative estimate of drug-likeness (QED) is 0.667. The molecule has 0 aliphatic carbocycles. The first kappa shape index (κ1) is 17.4. The van der Waals surface area contributed by atoms with Crippen LogP contribution in [0.5, 0.6) is 0 Å². The molecule has 21 heavy (non-hydrogen) atoms. The maximum absolute atomic E-state index is 11.8. The molecule has 1 atom stereocenters. The number of amides is 1. The van der Waals surface area contributed by atoms with Crippen LogP contribution in [0.3, 0.4) is 0 Å². The van der Waals surface area contributed by atoms with Gasteiger partial charge in [0.05, 0.1) is 0 Å². The second kappa shape index (κ2) is 7.41. The van der Waals surface area contributed by atoms with Crippen LogP contribution in [-0.2, 0) is 14.3 Å². The summed E-state index contributed by atoms with van der Waals surface area (Å²) in [6, 6.07) is 7.49. The molecular formula is C16H20BrNO3. The van der Waals surface area contributed by atoms with Crippen LogP contribution in [0.4, 0.5) is 0 Å². The van der Waals surface area contributed by atoms with Crippen molar-refractivity contribution in [3.63, 3.8) is 0 Å². The van der Waals surface area contributed by atoms with Gasteiger partial charge in [-0.25, -0.2) is 4.79 Å². The lowest BCUT2D eigenvalue weighted by atomic mass is 10.1. The van der Waals surface area contributed by atoms with Crippen molar-refractivity contribution in [3.8, 4) is 0 Å². The van der Waals surface area contributed by atoms with Crippen LogP contribution in [0.1, 0.15) is 33.3 Å². The topological polar surface area (TPSA) is 55.4 Å². The van der Waals surface area contributed by atoms with Gasteiger partial charge in [-0.1, -0.05) is 28.1 Å². The van der Waals surface area contributed by atoms with Gasteiger partial charge >= 0.3 is 5.97 Å². The van der Waals surface area contributed by atoms with E-state index in [0.717, 1.165) is 10.0 Å². The molecule has 0 heterocycles. The van der Waals surface area contributed by atoms with Crippen LogP contribution in [0.25, 0.3) is 6.08 Å². The largest absolute Gasteiger partial charge is 0.449 e. The first-order valence-corrected chi connectivity index (χ1v) is 7.43. The summed E-state index contributed by atoms with van der Waals surface area (Å²) in [4.78, 5) is 23.5. The molecule has 1 amide bonds. The number of hydrogen-bond acceptors (Lipinski definition) is 3. The van der Waals surface area contributed by atoms with Crippen molar-refractivity contribution in [1.29, 1.82) is 0 Å². The van der Waals surface area contributed by atoms with Crippen LogP contribution >= 0.6 is 15.9 Å². The van der Waals surface area contributed by atoms with E-state index < -0.39 is 12.1 Å². The minimum Gasteiger partial charge on any atom is -0.449 e. The molecule has 0 radical (unpaired) electrons. The van der Waals surface area contributed by atoms with E-state index in [2.05, 4.69) is 21.2 Å². The molecule has 5 heteroatoms. The third-order valence-electron chi connectivity index (χ3n) is 2.44.